The molecular formula is C10H15NO. The zero-order chi connectivity index (χ0) is 8.97. The molecule has 0 fully saturated rings. The van der Waals surface area contributed by atoms with Crippen molar-refractivity contribution in [3.63, 3.8) is 0 Å². The first kappa shape index (κ1) is 9.07. The summed E-state index contributed by atoms with van der Waals surface area (Å²) in [4.78, 5) is 0. The molecule has 66 valence electrons. The summed E-state index contributed by atoms with van der Waals surface area (Å²) in [6.07, 6.45) is 0. The lowest BCUT2D eigenvalue weighted by molar-refractivity contribution is 0.325. The molecule has 0 amide bonds. The smallest absolute Gasteiger partial charge is 0.113 e. The van der Waals surface area contributed by atoms with Gasteiger partial charge in [0.25, 0.3) is 0 Å². The first-order valence-corrected chi connectivity index (χ1v) is 4.19. The molecule has 1 aromatic rings. The Balaban J connectivity index is 2.92. The van der Waals surface area contributed by atoms with Gasteiger partial charge >= 0.3 is 0 Å². The van der Waals surface area contributed by atoms with Gasteiger partial charge < -0.3 is 10.4 Å². The largest absolute Gasteiger partial charge is 0.377 e. The van der Waals surface area contributed by atoms with E-state index in [1.165, 1.54) is 5.56 Å². The van der Waals surface area contributed by atoms with Gasteiger partial charge in [-0.25, -0.2) is 0 Å². The number of aliphatic hydroxyl groups is 1. The van der Waals surface area contributed by atoms with Crippen molar-refractivity contribution in [1.82, 2.24) is 0 Å². The lowest BCUT2D eigenvalue weighted by atomic mass is 10.0. The maximum Gasteiger partial charge on any atom is 0.113 e. The van der Waals surface area contributed by atoms with Crippen molar-refractivity contribution in [2.45, 2.75) is 19.8 Å². The summed E-state index contributed by atoms with van der Waals surface area (Å²) in [6, 6.07) is 8.02. The molecule has 2 N–H and O–H groups in total. The molecule has 1 rings (SSSR count). The number of anilines is 1. The fourth-order valence-electron chi connectivity index (χ4n) is 1.25. The van der Waals surface area contributed by atoms with Gasteiger partial charge in [-0.1, -0.05) is 32.0 Å². The predicted octanol–water partition coefficient (Wildman–Crippen LogP) is 2.17. The van der Waals surface area contributed by atoms with Crippen LogP contribution in [0, 0.1) is 0 Å². The summed E-state index contributed by atoms with van der Waals surface area (Å²) >= 11 is 0. The van der Waals surface area contributed by atoms with Crippen LogP contribution in [0.15, 0.2) is 24.3 Å². The van der Waals surface area contributed by atoms with Gasteiger partial charge in [0, 0.05) is 5.69 Å². The van der Waals surface area contributed by atoms with Gasteiger partial charge in [0.15, 0.2) is 0 Å². The Kier molecular flexibility index (Phi) is 3.11. The minimum Gasteiger partial charge on any atom is -0.377 e. The second-order valence-electron chi connectivity index (χ2n) is 3.08. The van der Waals surface area contributed by atoms with Crippen LogP contribution < -0.4 is 5.32 Å². The SMILES string of the molecule is CC(C)c1ccccc1NCO. The number of benzene rings is 1. The van der Waals surface area contributed by atoms with E-state index in [9.17, 15) is 0 Å². The number of nitrogens with one attached hydrogen (secondary N) is 1. The second kappa shape index (κ2) is 4.12. The Morgan fingerprint density at radius 1 is 1.33 bits per heavy atom. The van der Waals surface area contributed by atoms with Crippen LogP contribution in [0.1, 0.15) is 25.3 Å². The monoisotopic (exact) mass is 165 g/mol. The number of hydrogen-bond acceptors (Lipinski definition) is 2. The third kappa shape index (κ3) is 1.98. The van der Waals surface area contributed by atoms with Crippen LogP contribution in [0.3, 0.4) is 0 Å². The van der Waals surface area contributed by atoms with Crippen LogP contribution in [-0.2, 0) is 0 Å². The molecule has 0 spiro atoms. The van der Waals surface area contributed by atoms with Gasteiger partial charge in [0.2, 0.25) is 0 Å². The Morgan fingerprint density at radius 3 is 2.58 bits per heavy atom. The Morgan fingerprint density at radius 2 is 2.00 bits per heavy atom. The molecule has 12 heavy (non-hydrogen) atoms. The molecule has 0 aliphatic carbocycles. The normalized spacial score (nSPS) is 10.3. The average molecular weight is 165 g/mol. The minimum absolute atomic E-state index is 0.0102. The first-order chi connectivity index (χ1) is 5.75. The van der Waals surface area contributed by atoms with E-state index in [0.29, 0.717) is 5.92 Å². The number of rotatable bonds is 3. The lowest BCUT2D eigenvalue weighted by Gasteiger charge is -2.12. The number of hydrogen-bond donors (Lipinski definition) is 2. The van der Waals surface area contributed by atoms with Crippen molar-refractivity contribution >= 4 is 5.69 Å². The second-order valence-corrected chi connectivity index (χ2v) is 3.08. The summed E-state index contributed by atoms with van der Waals surface area (Å²) in [7, 11) is 0. The molecule has 0 aliphatic rings. The van der Waals surface area contributed by atoms with E-state index in [1.54, 1.807) is 0 Å². The molecule has 1 aromatic carbocycles. The highest BCUT2D eigenvalue weighted by molar-refractivity contribution is 5.52. The van der Waals surface area contributed by atoms with E-state index in [4.69, 9.17) is 5.11 Å². The molecule has 0 saturated heterocycles. The van der Waals surface area contributed by atoms with Crippen LogP contribution >= 0.6 is 0 Å². The molecule has 0 saturated carbocycles. The van der Waals surface area contributed by atoms with E-state index >= 15 is 0 Å². The molecule has 0 aliphatic heterocycles. The zero-order valence-corrected chi connectivity index (χ0v) is 7.54. The topological polar surface area (TPSA) is 32.3 Å². The first-order valence-electron chi connectivity index (χ1n) is 4.19. The summed E-state index contributed by atoms with van der Waals surface area (Å²) in [6.45, 7) is 4.26. The molecule has 0 heterocycles. The van der Waals surface area contributed by atoms with Gasteiger partial charge in [-0.05, 0) is 17.5 Å². The molecule has 2 heteroatoms. The van der Waals surface area contributed by atoms with Crippen molar-refractivity contribution in [3.05, 3.63) is 29.8 Å². The van der Waals surface area contributed by atoms with Crippen molar-refractivity contribution in [2.75, 3.05) is 12.0 Å². The molecule has 0 atom stereocenters. The molecule has 0 aromatic heterocycles. The van der Waals surface area contributed by atoms with E-state index < -0.39 is 0 Å². The van der Waals surface area contributed by atoms with Crippen molar-refractivity contribution in [1.29, 1.82) is 0 Å². The third-order valence-electron chi connectivity index (χ3n) is 1.85. The standard InChI is InChI=1S/C10H15NO/c1-8(2)9-5-3-4-6-10(9)11-7-12/h3-6,8,11-12H,7H2,1-2H3. The maximum atomic E-state index is 8.71. The number of aliphatic hydroxyl groups excluding tert-OH is 1. The van der Waals surface area contributed by atoms with Crippen LogP contribution in [0.4, 0.5) is 5.69 Å². The van der Waals surface area contributed by atoms with Crippen LogP contribution in [-0.4, -0.2) is 11.8 Å². The molecule has 2 nitrogen and oxygen atoms in total. The third-order valence-corrected chi connectivity index (χ3v) is 1.85. The molecule has 0 bridgehead atoms. The maximum absolute atomic E-state index is 8.71. The Hall–Kier alpha value is -1.02. The highest BCUT2D eigenvalue weighted by Gasteiger charge is 2.03. The van der Waals surface area contributed by atoms with Crippen molar-refractivity contribution in [3.8, 4) is 0 Å². The van der Waals surface area contributed by atoms with Crippen molar-refractivity contribution < 1.29 is 5.11 Å². The molecular weight excluding hydrogens is 150 g/mol. The molecule has 0 unspecified atom stereocenters. The fourth-order valence-corrected chi connectivity index (χ4v) is 1.25. The van der Waals surface area contributed by atoms with Gasteiger partial charge in [-0.15, -0.1) is 0 Å². The van der Waals surface area contributed by atoms with Crippen molar-refractivity contribution in [2.24, 2.45) is 0 Å². The van der Waals surface area contributed by atoms with E-state index in [1.807, 2.05) is 18.2 Å². The fraction of sp³-hybridized carbons (Fsp3) is 0.400. The number of para-hydroxylation sites is 1. The summed E-state index contributed by atoms with van der Waals surface area (Å²) in [5.74, 6) is 0.486. The van der Waals surface area contributed by atoms with E-state index in [2.05, 4.69) is 25.2 Å². The average Bonchev–Trinajstić information content (AvgIpc) is 2.05. The zero-order valence-electron chi connectivity index (χ0n) is 7.54. The van der Waals surface area contributed by atoms with E-state index in [-0.39, 0.29) is 6.73 Å². The molecule has 0 radical (unpaired) electrons. The van der Waals surface area contributed by atoms with Crippen LogP contribution in [0.5, 0.6) is 0 Å². The van der Waals surface area contributed by atoms with Gasteiger partial charge in [0.05, 0.1) is 0 Å². The van der Waals surface area contributed by atoms with Crippen LogP contribution in [0.25, 0.3) is 0 Å². The van der Waals surface area contributed by atoms with Gasteiger partial charge in [-0.2, -0.15) is 0 Å². The highest BCUT2D eigenvalue weighted by Crippen LogP contribution is 2.22. The summed E-state index contributed by atoms with van der Waals surface area (Å²) in [5, 5.41) is 11.6. The highest BCUT2D eigenvalue weighted by atomic mass is 16.3. The minimum atomic E-state index is -0.0102. The lowest BCUT2D eigenvalue weighted by Crippen LogP contribution is -2.03. The summed E-state index contributed by atoms with van der Waals surface area (Å²) < 4.78 is 0. The Bertz CT molecular complexity index is 245. The van der Waals surface area contributed by atoms with Gasteiger partial charge in [0.1, 0.15) is 6.73 Å². The quantitative estimate of drug-likeness (QED) is 0.673. The Labute approximate surface area is 73.2 Å². The predicted molar refractivity (Wildman–Crippen MR) is 51.2 cm³/mol. The van der Waals surface area contributed by atoms with Gasteiger partial charge in [-0.3, -0.25) is 0 Å². The summed E-state index contributed by atoms with van der Waals surface area (Å²) in [5.41, 5.74) is 2.27. The van der Waals surface area contributed by atoms with E-state index in [0.717, 1.165) is 5.69 Å². The van der Waals surface area contributed by atoms with Crippen LogP contribution in [0.2, 0.25) is 0 Å².